The lowest BCUT2D eigenvalue weighted by molar-refractivity contribution is 0.0533. The minimum atomic E-state index is -0.533. The van der Waals surface area contributed by atoms with E-state index < -0.39 is 5.82 Å². The van der Waals surface area contributed by atoms with Crippen molar-refractivity contribution in [3.8, 4) is 11.5 Å². The van der Waals surface area contributed by atoms with Crippen molar-refractivity contribution in [2.75, 3.05) is 26.2 Å². The fourth-order valence-corrected chi connectivity index (χ4v) is 3.31. The molecule has 0 spiro atoms. The summed E-state index contributed by atoms with van der Waals surface area (Å²) in [6.07, 6.45) is 3.28. The molecule has 1 saturated heterocycles. The number of carbonyl (C=O) groups is 2. The van der Waals surface area contributed by atoms with E-state index in [1.54, 1.807) is 70.7 Å². The topological polar surface area (TPSA) is 62.7 Å². The Morgan fingerprint density at radius 1 is 0.800 bits per heavy atom. The minimum Gasteiger partial charge on any atom is -0.456 e. The quantitative estimate of drug-likeness (QED) is 0.665. The lowest BCUT2D eigenvalue weighted by atomic mass is 10.1. The number of aromatic nitrogens is 1. The zero-order chi connectivity index (χ0) is 20.9. The van der Waals surface area contributed by atoms with Crippen LogP contribution in [-0.4, -0.2) is 52.8 Å². The number of halogens is 1. The number of benzene rings is 2. The van der Waals surface area contributed by atoms with Crippen LogP contribution in [-0.2, 0) is 0 Å². The molecule has 0 atom stereocenters. The Morgan fingerprint density at radius 2 is 1.47 bits per heavy atom. The van der Waals surface area contributed by atoms with Gasteiger partial charge in [0.15, 0.2) is 0 Å². The monoisotopic (exact) mass is 405 g/mol. The van der Waals surface area contributed by atoms with Crippen molar-refractivity contribution in [1.29, 1.82) is 0 Å². The number of hydrogen-bond donors (Lipinski definition) is 0. The van der Waals surface area contributed by atoms with Crippen LogP contribution in [0.1, 0.15) is 20.7 Å². The number of hydrogen-bond acceptors (Lipinski definition) is 4. The summed E-state index contributed by atoms with van der Waals surface area (Å²) in [5.74, 6) is 0.236. The SMILES string of the molecule is O=C(c1ccc(Oc2cccnc2)cc1)N1CCN(C(=O)c2ccccc2F)CC1. The molecule has 4 rings (SSSR count). The summed E-state index contributed by atoms with van der Waals surface area (Å²) in [5.41, 5.74) is 0.601. The van der Waals surface area contributed by atoms with Gasteiger partial charge >= 0.3 is 0 Å². The number of carbonyl (C=O) groups excluding carboxylic acids is 2. The summed E-state index contributed by atoms with van der Waals surface area (Å²) in [5, 5.41) is 0. The first-order valence-electron chi connectivity index (χ1n) is 9.63. The molecule has 0 unspecified atom stereocenters. The van der Waals surface area contributed by atoms with Gasteiger partial charge in [0, 0.05) is 37.9 Å². The van der Waals surface area contributed by atoms with Gasteiger partial charge in [-0.25, -0.2) is 4.39 Å². The minimum absolute atomic E-state index is 0.0569. The molecule has 2 aromatic carbocycles. The first-order valence-corrected chi connectivity index (χ1v) is 9.63. The lowest BCUT2D eigenvalue weighted by Gasteiger charge is -2.35. The number of amides is 2. The summed E-state index contributed by atoms with van der Waals surface area (Å²) >= 11 is 0. The smallest absolute Gasteiger partial charge is 0.256 e. The maximum atomic E-state index is 13.9. The van der Waals surface area contributed by atoms with E-state index in [1.165, 1.54) is 12.1 Å². The highest BCUT2D eigenvalue weighted by Crippen LogP contribution is 2.21. The molecule has 1 aliphatic rings. The predicted octanol–water partition coefficient (Wildman–Crippen LogP) is 3.61. The number of pyridine rings is 1. The second-order valence-electron chi connectivity index (χ2n) is 6.88. The van der Waals surface area contributed by atoms with Crippen molar-refractivity contribution in [1.82, 2.24) is 14.8 Å². The Kier molecular flexibility index (Phi) is 5.70. The van der Waals surface area contributed by atoms with Gasteiger partial charge in [0.2, 0.25) is 0 Å². The van der Waals surface area contributed by atoms with Gasteiger partial charge in [-0.15, -0.1) is 0 Å². The molecule has 3 aromatic rings. The molecular formula is C23H20FN3O3. The van der Waals surface area contributed by atoms with Gasteiger partial charge in [0.05, 0.1) is 11.8 Å². The van der Waals surface area contributed by atoms with E-state index in [0.29, 0.717) is 43.2 Å². The van der Waals surface area contributed by atoms with Gasteiger partial charge in [-0.3, -0.25) is 14.6 Å². The average Bonchev–Trinajstić information content (AvgIpc) is 2.80. The van der Waals surface area contributed by atoms with E-state index in [2.05, 4.69) is 4.98 Å². The van der Waals surface area contributed by atoms with E-state index in [1.807, 2.05) is 0 Å². The molecule has 7 heteroatoms. The average molecular weight is 405 g/mol. The van der Waals surface area contributed by atoms with Crippen LogP contribution in [0.2, 0.25) is 0 Å². The molecule has 1 fully saturated rings. The Labute approximate surface area is 173 Å². The third kappa shape index (κ3) is 4.30. The largest absolute Gasteiger partial charge is 0.456 e. The fraction of sp³-hybridized carbons (Fsp3) is 0.174. The highest BCUT2D eigenvalue weighted by molar-refractivity contribution is 5.96. The molecule has 2 amide bonds. The normalized spacial score (nSPS) is 13.8. The van der Waals surface area contributed by atoms with Gasteiger partial charge in [0.25, 0.3) is 11.8 Å². The van der Waals surface area contributed by atoms with Gasteiger partial charge in [-0.1, -0.05) is 12.1 Å². The Bertz CT molecular complexity index is 1030. The van der Waals surface area contributed by atoms with Crippen LogP contribution in [0.5, 0.6) is 11.5 Å². The molecule has 0 radical (unpaired) electrons. The number of rotatable bonds is 4. The molecule has 1 aliphatic heterocycles. The summed E-state index contributed by atoms with van der Waals surface area (Å²) in [6, 6.07) is 16.4. The first kappa shape index (κ1) is 19.6. The Hall–Kier alpha value is -3.74. The van der Waals surface area contributed by atoms with Crippen molar-refractivity contribution in [3.63, 3.8) is 0 Å². The van der Waals surface area contributed by atoms with Crippen molar-refractivity contribution >= 4 is 11.8 Å². The van der Waals surface area contributed by atoms with Crippen LogP contribution in [0, 0.1) is 5.82 Å². The van der Waals surface area contributed by atoms with Gasteiger partial charge < -0.3 is 14.5 Å². The number of ether oxygens (including phenoxy) is 1. The highest BCUT2D eigenvalue weighted by Gasteiger charge is 2.26. The predicted molar refractivity (Wildman–Crippen MR) is 109 cm³/mol. The fourth-order valence-electron chi connectivity index (χ4n) is 3.31. The van der Waals surface area contributed by atoms with Crippen LogP contribution in [0.15, 0.2) is 73.1 Å². The zero-order valence-corrected chi connectivity index (χ0v) is 16.2. The third-order valence-corrected chi connectivity index (χ3v) is 4.93. The summed E-state index contributed by atoms with van der Waals surface area (Å²) in [4.78, 5) is 32.6. The van der Waals surface area contributed by atoms with Gasteiger partial charge in [0.1, 0.15) is 17.3 Å². The van der Waals surface area contributed by atoms with Crippen LogP contribution in [0.3, 0.4) is 0 Å². The molecule has 30 heavy (non-hydrogen) atoms. The van der Waals surface area contributed by atoms with Gasteiger partial charge in [-0.05, 0) is 48.5 Å². The van der Waals surface area contributed by atoms with Crippen LogP contribution in [0.4, 0.5) is 4.39 Å². The van der Waals surface area contributed by atoms with E-state index in [4.69, 9.17) is 4.74 Å². The Morgan fingerprint density at radius 3 is 2.10 bits per heavy atom. The summed E-state index contributed by atoms with van der Waals surface area (Å²) in [6.45, 7) is 1.52. The second-order valence-corrected chi connectivity index (χ2v) is 6.88. The van der Waals surface area contributed by atoms with Crippen LogP contribution >= 0.6 is 0 Å². The molecule has 0 bridgehead atoms. The molecule has 6 nitrogen and oxygen atoms in total. The molecule has 0 saturated carbocycles. The number of nitrogens with zero attached hydrogens (tertiary/aromatic N) is 3. The van der Waals surface area contributed by atoms with Crippen molar-refractivity contribution in [3.05, 3.63) is 90.0 Å². The highest BCUT2D eigenvalue weighted by atomic mass is 19.1. The first-order chi connectivity index (χ1) is 14.6. The molecule has 0 N–H and O–H groups in total. The van der Waals surface area contributed by atoms with Crippen molar-refractivity contribution < 1.29 is 18.7 Å². The Balaban J connectivity index is 1.35. The number of piperazine rings is 1. The van der Waals surface area contributed by atoms with Crippen LogP contribution < -0.4 is 4.74 Å². The maximum Gasteiger partial charge on any atom is 0.256 e. The lowest BCUT2D eigenvalue weighted by Crippen LogP contribution is -2.50. The summed E-state index contributed by atoms with van der Waals surface area (Å²) < 4.78 is 19.6. The van der Waals surface area contributed by atoms with Gasteiger partial charge in [-0.2, -0.15) is 0 Å². The molecule has 1 aromatic heterocycles. The standard InChI is InChI=1S/C23H20FN3O3/c24-21-6-2-1-5-20(21)23(29)27-14-12-26(13-15-27)22(28)17-7-9-18(10-8-17)30-19-4-3-11-25-16-19/h1-11,16H,12-15H2. The maximum absolute atomic E-state index is 13.9. The molecular weight excluding hydrogens is 385 g/mol. The molecule has 2 heterocycles. The van der Waals surface area contributed by atoms with Crippen molar-refractivity contribution in [2.45, 2.75) is 0 Å². The third-order valence-electron chi connectivity index (χ3n) is 4.93. The van der Waals surface area contributed by atoms with E-state index in [9.17, 15) is 14.0 Å². The molecule has 0 aliphatic carbocycles. The van der Waals surface area contributed by atoms with E-state index in [0.717, 1.165) is 0 Å². The zero-order valence-electron chi connectivity index (χ0n) is 16.2. The van der Waals surface area contributed by atoms with Crippen molar-refractivity contribution in [2.24, 2.45) is 0 Å². The van der Waals surface area contributed by atoms with E-state index >= 15 is 0 Å². The second kappa shape index (κ2) is 8.73. The summed E-state index contributed by atoms with van der Waals surface area (Å²) in [7, 11) is 0. The molecule has 152 valence electrons. The van der Waals surface area contributed by atoms with E-state index in [-0.39, 0.29) is 17.4 Å². The van der Waals surface area contributed by atoms with Crippen LogP contribution in [0.25, 0.3) is 0 Å².